The lowest BCUT2D eigenvalue weighted by atomic mass is 10.9. The molecule has 1 amide bonds. The number of rotatable bonds is 3. The zero-order valence-electron chi connectivity index (χ0n) is 9.14. The van der Waals surface area contributed by atoms with E-state index in [1.54, 1.807) is 0 Å². The number of aromatic nitrogens is 1. The Balaban J connectivity index is 3.27. The first-order chi connectivity index (χ1) is 7.67. The molecule has 0 aromatic carbocycles. The second-order valence-electron chi connectivity index (χ2n) is 3.17. The number of nitrogens with zero attached hydrogens (tertiary/aromatic N) is 3. The number of sulfonamides is 1. The van der Waals surface area contributed by atoms with E-state index < -0.39 is 15.4 Å². The van der Waals surface area contributed by atoms with Gasteiger partial charge in [-0.3, -0.25) is 9.69 Å². The molecule has 0 saturated heterocycles. The molecular formula is C7H9Cl2N3O3S2. The predicted octanol–water partition coefficient (Wildman–Crippen LogP) is 1.84. The van der Waals surface area contributed by atoms with Crippen LogP contribution in [0.25, 0.3) is 0 Å². The van der Waals surface area contributed by atoms with Gasteiger partial charge in [0.05, 0.1) is 0 Å². The van der Waals surface area contributed by atoms with E-state index in [9.17, 15) is 13.2 Å². The van der Waals surface area contributed by atoms with Crippen LogP contribution in [0, 0.1) is 0 Å². The highest BCUT2D eigenvalue weighted by Gasteiger charge is 2.27. The van der Waals surface area contributed by atoms with Crippen molar-refractivity contribution in [3.63, 3.8) is 0 Å². The molecule has 1 rings (SSSR count). The molecule has 0 unspecified atom stereocenters. The van der Waals surface area contributed by atoms with Gasteiger partial charge in [0.2, 0.25) is 0 Å². The quantitative estimate of drug-likeness (QED) is 0.630. The molecule has 0 N–H and O–H groups in total. The lowest BCUT2D eigenvalue weighted by molar-refractivity contribution is 0.265. The van der Waals surface area contributed by atoms with Gasteiger partial charge in [0.1, 0.15) is 0 Å². The molecule has 0 bridgehead atoms. The summed E-state index contributed by atoms with van der Waals surface area (Å²) in [7, 11) is 0.455. The van der Waals surface area contributed by atoms with Crippen LogP contribution in [0.1, 0.15) is 0 Å². The van der Waals surface area contributed by atoms with Crippen molar-refractivity contribution in [2.75, 3.05) is 26.0 Å². The van der Waals surface area contributed by atoms with Crippen LogP contribution < -0.4 is 4.90 Å². The zero-order valence-corrected chi connectivity index (χ0v) is 12.3. The molecule has 1 heterocycles. The summed E-state index contributed by atoms with van der Waals surface area (Å²) in [6.07, 6.45) is 0. The maximum Gasteiger partial charge on any atom is 0.322 e. The molecule has 1 aromatic rings. The number of carbonyl (C=O) groups is 1. The molecule has 0 fully saturated rings. The van der Waals surface area contributed by atoms with E-state index in [2.05, 4.69) is 4.98 Å². The summed E-state index contributed by atoms with van der Waals surface area (Å²) in [5.41, 5.74) is 0. The van der Waals surface area contributed by atoms with Crippen LogP contribution in [0.15, 0.2) is 4.21 Å². The topological polar surface area (TPSA) is 70.6 Å². The summed E-state index contributed by atoms with van der Waals surface area (Å²) in [5, 5.41) is -0.830. The van der Waals surface area contributed by atoms with Crippen molar-refractivity contribution >= 4 is 55.1 Å². The van der Waals surface area contributed by atoms with Crippen LogP contribution in [0.2, 0.25) is 5.15 Å². The van der Waals surface area contributed by atoms with Crippen molar-refractivity contribution < 1.29 is 13.2 Å². The van der Waals surface area contributed by atoms with Gasteiger partial charge in [0.25, 0.3) is 10.0 Å². The van der Waals surface area contributed by atoms with Crippen LogP contribution in [-0.4, -0.2) is 44.2 Å². The van der Waals surface area contributed by atoms with Crippen LogP contribution in [0.5, 0.6) is 0 Å². The van der Waals surface area contributed by atoms with Gasteiger partial charge < -0.3 is 0 Å². The first-order valence-electron chi connectivity index (χ1n) is 4.20. The summed E-state index contributed by atoms with van der Waals surface area (Å²) in [4.78, 5) is 15.7. The molecule has 17 heavy (non-hydrogen) atoms. The van der Waals surface area contributed by atoms with E-state index in [0.717, 1.165) is 20.5 Å². The molecular weight excluding hydrogens is 309 g/mol. The molecule has 0 aliphatic heterocycles. The second kappa shape index (κ2) is 5.07. The molecule has 0 spiro atoms. The minimum absolute atomic E-state index is 0.121. The van der Waals surface area contributed by atoms with E-state index in [-0.39, 0.29) is 14.5 Å². The Hall–Kier alpha value is -0.410. The number of hydrogen-bond donors (Lipinski definition) is 0. The van der Waals surface area contributed by atoms with E-state index in [0.29, 0.717) is 0 Å². The third-order valence-corrected chi connectivity index (χ3v) is 5.99. The van der Waals surface area contributed by atoms with Crippen LogP contribution in [0.3, 0.4) is 0 Å². The van der Waals surface area contributed by atoms with E-state index >= 15 is 0 Å². The van der Waals surface area contributed by atoms with Crippen LogP contribution >= 0.6 is 34.5 Å². The van der Waals surface area contributed by atoms with Gasteiger partial charge >= 0.3 is 5.37 Å². The highest BCUT2D eigenvalue weighted by molar-refractivity contribution is 7.91. The molecule has 10 heteroatoms. The monoisotopic (exact) mass is 317 g/mol. The maximum atomic E-state index is 11.8. The van der Waals surface area contributed by atoms with Gasteiger partial charge in [-0.15, -0.1) is 0 Å². The summed E-state index contributed by atoms with van der Waals surface area (Å²) >= 11 is 11.8. The van der Waals surface area contributed by atoms with Gasteiger partial charge in [0.15, 0.2) is 14.5 Å². The SMILES string of the molecule is CN(C(=O)Cl)c1nc(Cl)c(S(=O)(=O)N(C)C)s1. The molecule has 1 aromatic heterocycles. The Morgan fingerprint density at radius 1 is 1.35 bits per heavy atom. The fourth-order valence-electron chi connectivity index (χ4n) is 0.821. The van der Waals surface area contributed by atoms with Crippen molar-refractivity contribution in [3.05, 3.63) is 5.15 Å². The molecule has 0 radical (unpaired) electrons. The fraction of sp³-hybridized carbons (Fsp3) is 0.429. The Kier molecular flexibility index (Phi) is 4.37. The van der Waals surface area contributed by atoms with Gasteiger partial charge in [-0.05, 0) is 11.6 Å². The lowest BCUT2D eigenvalue weighted by Gasteiger charge is -2.09. The summed E-state index contributed by atoms with van der Waals surface area (Å²) in [5.74, 6) is 0. The summed E-state index contributed by atoms with van der Waals surface area (Å²) < 4.78 is 24.6. The zero-order chi connectivity index (χ0) is 13.4. The van der Waals surface area contributed by atoms with Gasteiger partial charge in [-0.2, -0.15) is 0 Å². The third-order valence-electron chi connectivity index (χ3n) is 1.81. The van der Waals surface area contributed by atoms with Crippen molar-refractivity contribution in [2.24, 2.45) is 0 Å². The first kappa shape index (κ1) is 14.7. The largest absolute Gasteiger partial charge is 0.322 e. The Labute approximate surface area is 113 Å². The van der Waals surface area contributed by atoms with E-state index in [1.807, 2.05) is 0 Å². The average Bonchev–Trinajstić information content (AvgIpc) is 2.59. The number of thiazole rings is 1. The van der Waals surface area contributed by atoms with Gasteiger partial charge in [-0.25, -0.2) is 17.7 Å². The van der Waals surface area contributed by atoms with E-state index in [4.69, 9.17) is 23.2 Å². The average molecular weight is 318 g/mol. The molecule has 96 valence electrons. The molecule has 6 nitrogen and oxygen atoms in total. The van der Waals surface area contributed by atoms with E-state index in [1.165, 1.54) is 21.1 Å². The highest BCUT2D eigenvalue weighted by atomic mass is 35.5. The van der Waals surface area contributed by atoms with Crippen molar-refractivity contribution in [1.82, 2.24) is 9.29 Å². The minimum atomic E-state index is -3.67. The second-order valence-corrected chi connectivity index (χ2v) is 7.18. The fourth-order valence-corrected chi connectivity index (χ4v) is 3.82. The number of carbonyl (C=O) groups excluding carboxylic acids is 1. The van der Waals surface area contributed by atoms with Gasteiger partial charge in [0, 0.05) is 21.1 Å². The van der Waals surface area contributed by atoms with Gasteiger partial charge in [-0.1, -0.05) is 22.9 Å². The lowest BCUT2D eigenvalue weighted by Crippen LogP contribution is -2.21. The normalized spacial score (nSPS) is 11.9. The number of anilines is 1. The molecule has 0 atom stereocenters. The summed E-state index contributed by atoms with van der Waals surface area (Å²) in [6, 6.07) is 0. The maximum absolute atomic E-state index is 11.8. The smallest absolute Gasteiger partial charge is 0.277 e. The predicted molar refractivity (Wildman–Crippen MR) is 67.6 cm³/mol. The summed E-state index contributed by atoms with van der Waals surface area (Å²) in [6.45, 7) is 0. The number of amides is 1. The van der Waals surface area contributed by atoms with Crippen molar-refractivity contribution in [1.29, 1.82) is 0 Å². The molecule has 0 aliphatic rings. The first-order valence-corrected chi connectivity index (χ1v) is 7.21. The van der Waals surface area contributed by atoms with Crippen LogP contribution in [0.4, 0.5) is 9.93 Å². The molecule has 0 saturated carbocycles. The Bertz CT molecular complexity index is 541. The number of halogens is 2. The Morgan fingerprint density at radius 2 is 1.88 bits per heavy atom. The standard InChI is InChI=1S/C7H9Cl2N3O3S2/c1-11(2)17(14,15)5-4(8)10-7(16-5)12(3)6(9)13/h1-3H3. The highest BCUT2D eigenvalue weighted by Crippen LogP contribution is 2.34. The van der Waals surface area contributed by atoms with Crippen LogP contribution in [-0.2, 0) is 10.0 Å². The Morgan fingerprint density at radius 3 is 2.29 bits per heavy atom. The molecule has 0 aliphatic carbocycles. The minimum Gasteiger partial charge on any atom is -0.277 e. The number of hydrogen-bond acceptors (Lipinski definition) is 5. The van der Waals surface area contributed by atoms with Crippen molar-refractivity contribution in [2.45, 2.75) is 4.21 Å². The third kappa shape index (κ3) is 2.89. The van der Waals surface area contributed by atoms with Crippen molar-refractivity contribution in [3.8, 4) is 0 Å².